The second-order valence-electron chi connectivity index (χ2n) is 11.0. The molecule has 1 saturated heterocycles. The number of ether oxygens (including phenoxy) is 1. The number of nitrogens with one attached hydrogen (secondary N) is 1. The van der Waals surface area contributed by atoms with Crippen molar-refractivity contribution in [1.82, 2.24) is 10.3 Å². The molecule has 0 spiro atoms. The van der Waals surface area contributed by atoms with Gasteiger partial charge in [0.05, 0.1) is 11.1 Å². The Morgan fingerprint density at radius 1 is 1.08 bits per heavy atom. The lowest BCUT2D eigenvalue weighted by Gasteiger charge is -2.50. The minimum Gasteiger partial charge on any atom is -0.508 e. The van der Waals surface area contributed by atoms with Gasteiger partial charge in [0.25, 0.3) is 5.91 Å². The van der Waals surface area contributed by atoms with Crippen LogP contribution in [0.15, 0.2) is 36.4 Å². The molecule has 3 N–H and O–H groups in total. The highest BCUT2D eigenvalue weighted by Gasteiger charge is 2.54. The summed E-state index contributed by atoms with van der Waals surface area (Å²) in [5.41, 5.74) is 1.47. The monoisotopic (exact) mass is 506 g/mol. The molecule has 1 aliphatic carbocycles. The molecule has 1 amide bonds. The molecule has 37 heavy (non-hydrogen) atoms. The van der Waals surface area contributed by atoms with Gasteiger partial charge in [-0.1, -0.05) is 6.07 Å². The Morgan fingerprint density at radius 2 is 1.78 bits per heavy atom. The molecule has 2 aromatic carbocycles. The lowest BCUT2D eigenvalue weighted by atomic mass is 9.59. The van der Waals surface area contributed by atoms with E-state index in [0.29, 0.717) is 37.0 Å². The zero-order valence-corrected chi connectivity index (χ0v) is 21.2. The molecule has 1 aliphatic heterocycles. The highest BCUT2D eigenvalue weighted by Crippen LogP contribution is 2.48. The standard InChI is InChI=1S/C29H31FN2O5/c1-16-12-18(4-7-22(16)30)23-20-6-5-19(33)13-21(20)25(31-24(23)17-8-10-37-11-9-17)26(34)32-29(3)14-28(2,15-29)27(35)36/h4-7,12-13,17,33H,8-11,14-15H2,1-3H3,(H,32,34)(H,35,36). The van der Waals surface area contributed by atoms with E-state index in [0.717, 1.165) is 35.0 Å². The number of fused-ring (bicyclic) bond motifs is 1. The van der Waals surface area contributed by atoms with Crippen LogP contribution in [0.5, 0.6) is 5.75 Å². The van der Waals surface area contributed by atoms with Crippen LogP contribution in [0.2, 0.25) is 0 Å². The van der Waals surface area contributed by atoms with Crippen LogP contribution < -0.4 is 5.32 Å². The molecule has 194 valence electrons. The maximum atomic E-state index is 14.2. The van der Waals surface area contributed by atoms with E-state index in [1.165, 1.54) is 12.1 Å². The third-order valence-electron chi connectivity index (χ3n) is 7.78. The zero-order chi connectivity index (χ0) is 26.5. The summed E-state index contributed by atoms with van der Waals surface area (Å²) in [7, 11) is 0. The van der Waals surface area contributed by atoms with Crippen molar-refractivity contribution in [1.29, 1.82) is 0 Å². The van der Waals surface area contributed by atoms with Crippen LogP contribution in [-0.4, -0.2) is 45.8 Å². The Labute approximate surface area is 214 Å². The average Bonchev–Trinajstić information content (AvgIpc) is 2.84. The summed E-state index contributed by atoms with van der Waals surface area (Å²) in [5.74, 6) is -1.57. The van der Waals surface area contributed by atoms with E-state index in [9.17, 15) is 24.2 Å². The first-order valence-corrected chi connectivity index (χ1v) is 12.6. The molecule has 1 saturated carbocycles. The van der Waals surface area contributed by atoms with Crippen LogP contribution >= 0.6 is 0 Å². The zero-order valence-electron chi connectivity index (χ0n) is 21.2. The third kappa shape index (κ3) is 4.55. The largest absolute Gasteiger partial charge is 0.508 e. The molecule has 8 heteroatoms. The second kappa shape index (κ2) is 9.10. The predicted molar refractivity (Wildman–Crippen MR) is 137 cm³/mol. The van der Waals surface area contributed by atoms with Crippen LogP contribution in [0, 0.1) is 18.2 Å². The van der Waals surface area contributed by atoms with Crippen molar-refractivity contribution in [3.05, 3.63) is 59.2 Å². The summed E-state index contributed by atoms with van der Waals surface area (Å²) in [6, 6.07) is 9.80. The Hall–Kier alpha value is -3.52. The van der Waals surface area contributed by atoms with Gasteiger partial charge in [0.1, 0.15) is 17.3 Å². The van der Waals surface area contributed by atoms with Crippen LogP contribution in [-0.2, 0) is 9.53 Å². The van der Waals surface area contributed by atoms with E-state index in [2.05, 4.69) is 5.32 Å². The predicted octanol–water partition coefficient (Wildman–Crippen LogP) is 5.32. The molecule has 5 rings (SSSR count). The molecule has 0 atom stereocenters. The van der Waals surface area contributed by atoms with E-state index < -0.39 is 22.8 Å². The molecule has 2 aliphatic rings. The average molecular weight is 507 g/mol. The number of aryl methyl sites for hydroxylation is 1. The lowest BCUT2D eigenvalue weighted by Crippen LogP contribution is -2.61. The summed E-state index contributed by atoms with van der Waals surface area (Å²) in [4.78, 5) is 30.2. The van der Waals surface area contributed by atoms with Crippen LogP contribution in [0.1, 0.15) is 67.2 Å². The fourth-order valence-electron chi connectivity index (χ4n) is 6.11. The molecule has 0 bridgehead atoms. The van der Waals surface area contributed by atoms with Crippen molar-refractivity contribution in [2.24, 2.45) is 5.41 Å². The van der Waals surface area contributed by atoms with Gasteiger partial charge in [0.15, 0.2) is 0 Å². The summed E-state index contributed by atoms with van der Waals surface area (Å²) in [6.45, 7) is 6.38. The second-order valence-corrected chi connectivity index (χ2v) is 11.0. The van der Waals surface area contributed by atoms with Crippen molar-refractivity contribution in [3.8, 4) is 16.9 Å². The quantitative estimate of drug-likeness (QED) is 0.432. The number of aromatic hydroxyl groups is 1. The number of rotatable bonds is 5. The van der Waals surface area contributed by atoms with Gasteiger partial charge in [-0.05, 0) is 93.3 Å². The number of halogens is 1. The van der Waals surface area contributed by atoms with Crippen LogP contribution in [0.25, 0.3) is 21.9 Å². The van der Waals surface area contributed by atoms with Crippen molar-refractivity contribution >= 4 is 22.6 Å². The molecule has 2 heterocycles. The number of phenolic OH excluding ortho intramolecular Hbond substituents is 1. The summed E-state index contributed by atoms with van der Waals surface area (Å²) >= 11 is 0. The van der Waals surface area contributed by atoms with Crippen LogP contribution in [0.3, 0.4) is 0 Å². The van der Waals surface area contributed by atoms with E-state index in [1.807, 2.05) is 6.92 Å². The van der Waals surface area contributed by atoms with Gasteiger partial charge in [0, 0.05) is 35.6 Å². The van der Waals surface area contributed by atoms with E-state index in [-0.39, 0.29) is 23.2 Å². The number of nitrogens with zero attached hydrogens (tertiary/aromatic N) is 1. The SMILES string of the molecule is Cc1cc(-c2c(C3CCOCC3)nc(C(=O)NC3(C)CC(C)(C(=O)O)C3)c3cc(O)ccc23)ccc1F. The van der Waals surface area contributed by atoms with Crippen molar-refractivity contribution < 1.29 is 28.9 Å². The van der Waals surface area contributed by atoms with E-state index in [1.54, 1.807) is 38.1 Å². The smallest absolute Gasteiger partial charge is 0.309 e. The number of carbonyl (C=O) groups excluding carboxylic acids is 1. The van der Waals surface area contributed by atoms with Gasteiger partial charge in [-0.15, -0.1) is 0 Å². The van der Waals surface area contributed by atoms with Gasteiger partial charge in [-0.2, -0.15) is 0 Å². The Balaban J connectivity index is 1.66. The molecule has 0 unspecified atom stereocenters. The molecule has 0 radical (unpaired) electrons. The van der Waals surface area contributed by atoms with Gasteiger partial charge < -0.3 is 20.3 Å². The first-order chi connectivity index (χ1) is 17.5. The number of aromatic nitrogens is 1. The highest BCUT2D eigenvalue weighted by atomic mass is 19.1. The Bertz CT molecular complexity index is 1410. The minimum absolute atomic E-state index is 0.00305. The molecule has 7 nitrogen and oxygen atoms in total. The van der Waals surface area contributed by atoms with Crippen molar-refractivity contribution in [2.75, 3.05) is 13.2 Å². The summed E-state index contributed by atoms with van der Waals surface area (Å²) in [5, 5.41) is 24.1. The van der Waals surface area contributed by atoms with E-state index in [4.69, 9.17) is 9.72 Å². The number of pyridine rings is 1. The Morgan fingerprint density at radius 3 is 2.43 bits per heavy atom. The first kappa shape index (κ1) is 25.1. The highest BCUT2D eigenvalue weighted by molar-refractivity contribution is 6.10. The van der Waals surface area contributed by atoms with Gasteiger partial charge in [-0.25, -0.2) is 9.37 Å². The van der Waals surface area contributed by atoms with Crippen LogP contribution in [0.4, 0.5) is 4.39 Å². The summed E-state index contributed by atoms with van der Waals surface area (Å²) < 4.78 is 19.7. The van der Waals surface area contributed by atoms with Crippen molar-refractivity contribution in [2.45, 2.75) is 57.9 Å². The number of phenols is 1. The van der Waals surface area contributed by atoms with E-state index >= 15 is 0 Å². The van der Waals surface area contributed by atoms with Gasteiger partial charge in [0.2, 0.25) is 0 Å². The summed E-state index contributed by atoms with van der Waals surface area (Å²) in [6.07, 6.45) is 2.09. The third-order valence-corrected chi connectivity index (χ3v) is 7.78. The van der Waals surface area contributed by atoms with Gasteiger partial charge >= 0.3 is 5.97 Å². The van der Waals surface area contributed by atoms with Crippen molar-refractivity contribution in [3.63, 3.8) is 0 Å². The molecule has 1 aromatic heterocycles. The normalized spacial score (nSPS) is 24.0. The first-order valence-electron chi connectivity index (χ1n) is 12.6. The number of hydrogen-bond acceptors (Lipinski definition) is 5. The minimum atomic E-state index is -0.882. The fraction of sp³-hybridized carbons (Fsp3) is 0.414. The Kier molecular flexibility index (Phi) is 6.18. The number of benzene rings is 2. The number of carbonyl (C=O) groups is 2. The molecular formula is C29H31FN2O5. The molecule has 2 fully saturated rings. The maximum absolute atomic E-state index is 14.2. The number of amides is 1. The van der Waals surface area contributed by atoms with Gasteiger partial charge in [-0.3, -0.25) is 9.59 Å². The number of hydrogen-bond donors (Lipinski definition) is 3. The molecular weight excluding hydrogens is 475 g/mol. The number of carboxylic acid groups (broad SMARTS) is 1. The fourth-order valence-corrected chi connectivity index (χ4v) is 6.11. The number of carboxylic acids is 1. The number of aliphatic carboxylic acids is 1. The lowest BCUT2D eigenvalue weighted by molar-refractivity contribution is -0.158. The molecule has 3 aromatic rings. The maximum Gasteiger partial charge on any atom is 0.309 e. The topological polar surface area (TPSA) is 109 Å².